The normalized spacial score (nSPS) is 19.0. The highest BCUT2D eigenvalue weighted by atomic mass is 32.3. The van der Waals surface area contributed by atoms with Gasteiger partial charge in [-0.1, -0.05) is 18.2 Å². The van der Waals surface area contributed by atoms with E-state index >= 15 is 0 Å². The Morgan fingerprint density at radius 3 is 2.77 bits per heavy atom. The fourth-order valence-electron chi connectivity index (χ4n) is 4.75. The van der Waals surface area contributed by atoms with Crippen LogP contribution in [-0.2, 0) is 10.2 Å². The van der Waals surface area contributed by atoms with Crippen molar-refractivity contribution in [1.29, 1.82) is 0 Å². The van der Waals surface area contributed by atoms with Gasteiger partial charge in [-0.25, -0.2) is 9.50 Å². The summed E-state index contributed by atoms with van der Waals surface area (Å²) >= 11 is 0. The molecule has 2 aromatic heterocycles. The average molecular weight is 491 g/mol. The number of benzene rings is 2. The maximum atomic E-state index is 12.3. The first-order chi connectivity index (χ1) is 16.7. The van der Waals surface area contributed by atoms with E-state index in [4.69, 9.17) is 5.10 Å². The Labute approximate surface area is 204 Å². The summed E-state index contributed by atoms with van der Waals surface area (Å²) in [5.74, 6) is 0.803. The van der Waals surface area contributed by atoms with Crippen LogP contribution >= 0.6 is 10.8 Å². The Bertz CT molecular complexity index is 1480. The zero-order valence-electron chi connectivity index (χ0n) is 19.4. The number of carbonyl (C=O) groups is 1. The van der Waals surface area contributed by atoms with Gasteiger partial charge in [-0.15, -0.1) is 15.9 Å². The summed E-state index contributed by atoms with van der Waals surface area (Å²) in [7, 11) is -2.76. The average Bonchev–Trinajstić information content (AvgIpc) is 3.47. The zero-order valence-corrected chi connectivity index (χ0v) is 20.2. The predicted molar refractivity (Wildman–Crippen MR) is 139 cm³/mol. The lowest BCUT2D eigenvalue weighted by Gasteiger charge is -2.38. The van der Waals surface area contributed by atoms with Gasteiger partial charge >= 0.3 is 0 Å². The zero-order chi connectivity index (χ0) is 24.4. The standard InChI is InChI=1S/C25H26N6O3S/c1-25(2)20-9-7-17(14-21(20)28-23(25)32)27-24-26-15-19-8-10-22(31(19)29-24)16-5-3-6-18(13-16)30-11-4-12-35(30,33)34/h3,5-10,13-15,33-34H,4,11-12H2,1-2H3,(H,27,29)(H,28,32). The van der Waals surface area contributed by atoms with Crippen molar-refractivity contribution >= 4 is 45.2 Å². The molecule has 2 aromatic carbocycles. The molecule has 4 aromatic rings. The van der Waals surface area contributed by atoms with Crippen molar-refractivity contribution in [2.75, 3.05) is 27.2 Å². The van der Waals surface area contributed by atoms with E-state index in [0.29, 0.717) is 18.2 Å². The molecular weight excluding hydrogens is 464 g/mol. The molecule has 0 spiro atoms. The number of anilines is 4. The maximum absolute atomic E-state index is 12.3. The van der Waals surface area contributed by atoms with Gasteiger partial charge in [-0.05, 0) is 62.2 Å². The SMILES string of the molecule is CC1(C)C(=O)Nc2cc(Nc3ncc4ccc(-c5cccc(N6CCCS6(O)O)c5)n4n3)ccc21. The van der Waals surface area contributed by atoms with Gasteiger partial charge in [-0.3, -0.25) is 18.2 Å². The first-order valence-electron chi connectivity index (χ1n) is 11.4. The second kappa shape index (κ2) is 7.70. The third-order valence-corrected chi connectivity index (χ3v) is 8.66. The van der Waals surface area contributed by atoms with Crippen molar-refractivity contribution in [2.45, 2.75) is 25.7 Å². The van der Waals surface area contributed by atoms with Crippen LogP contribution in [0.15, 0.2) is 60.8 Å². The van der Waals surface area contributed by atoms with Crippen LogP contribution in [0.1, 0.15) is 25.8 Å². The van der Waals surface area contributed by atoms with Gasteiger partial charge in [0.15, 0.2) is 0 Å². The number of nitrogens with one attached hydrogen (secondary N) is 2. The van der Waals surface area contributed by atoms with Crippen molar-refractivity contribution in [3.05, 3.63) is 66.4 Å². The van der Waals surface area contributed by atoms with Crippen LogP contribution in [0.3, 0.4) is 0 Å². The largest absolute Gasteiger partial charge is 0.325 e. The molecule has 6 rings (SSSR count). The van der Waals surface area contributed by atoms with Crippen LogP contribution in [0.5, 0.6) is 0 Å². The molecule has 0 aliphatic carbocycles. The number of aromatic nitrogens is 3. The lowest BCUT2D eigenvalue weighted by Crippen LogP contribution is -2.26. The van der Waals surface area contributed by atoms with Gasteiger partial charge in [0.1, 0.15) is 0 Å². The summed E-state index contributed by atoms with van der Waals surface area (Å²) in [5.41, 5.74) is 5.37. The van der Waals surface area contributed by atoms with E-state index in [-0.39, 0.29) is 5.91 Å². The maximum Gasteiger partial charge on any atom is 0.245 e. The Morgan fingerprint density at radius 1 is 1.11 bits per heavy atom. The molecule has 1 fully saturated rings. The van der Waals surface area contributed by atoms with Crippen LogP contribution in [0.4, 0.5) is 23.0 Å². The van der Waals surface area contributed by atoms with E-state index in [1.165, 1.54) is 0 Å². The lowest BCUT2D eigenvalue weighted by molar-refractivity contribution is -0.119. The highest BCUT2D eigenvalue weighted by molar-refractivity contribution is 8.25. The Balaban J connectivity index is 1.32. The molecule has 10 heteroatoms. The molecule has 0 saturated carbocycles. The summed E-state index contributed by atoms with van der Waals surface area (Å²) in [4.78, 5) is 16.7. The van der Waals surface area contributed by atoms with E-state index in [1.807, 2.05) is 73.0 Å². The van der Waals surface area contributed by atoms with Crippen LogP contribution in [-0.4, -0.2) is 41.9 Å². The molecule has 35 heavy (non-hydrogen) atoms. The van der Waals surface area contributed by atoms with E-state index in [9.17, 15) is 13.9 Å². The summed E-state index contributed by atoms with van der Waals surface area (Å²) in [5, 5.41) is 10.9. The fourth-order valence-corrected chi connectivity index (χ4v) is 6.36. The Morgan fingerprint density at radius 2 is 1.97 bits per heavy atom. The number of amides is 1. The third-order valence-electron chi connectivity index (χ3n) is 6.73. The third kappa shape index (κ3) is 3.61. The van der Waals surface area contributed by atoms with Crippen LogP contribution in [0.25, 0.3) is 16.8 Å². The highest BCUT2D eigenvalue weighted by Gasteiger charge is 2.38. The topological polar surface area (TPSA) is 115 Å². The van der Waals surface area contributed by atoms with E-state index < -0.39 is 16.2 Å². The van der Waals surface area contributed by atoms with Crippen molar-refractivity contribution in [2.24, 2.45) is 0 Å². The highest BCUT2D eigenvalue weighted by Crippen LogP contribution is 2.51. The molecule has 2 aliphatic heterocycles. The van der Waals surface area contributed by atoms with Gasteiger partial charge in [0.25, 0.3) is 0 Å². The molecule has 9 nitrogen and oxygen atoms in total. The second-order valence-electron chi connectivity index (χ2n) is 9.44. The van der Waals surface area contributed by atoms with Crippen LogP contribution < -0.4 is 14.9 Å². The van der Waals surface area contributed by atoms with E-state index in [2.05, 4.69) is 15.6 Å². The monoisotopic (exact) mass is 490 g/mol. The summed E-state index contributed by atoms with van der Waals surface area (Å²) in [6.07, 6.45) is 2.50. The van der Waals surface area contributed by atoms with Crippen molar-refractivity contribution in [3.8, 4) is 11.3 Å². The van der Waals surface area contributed by atoms with E-state index in [1.54, 1.807) is 10.5 Å². The summed E-state index contributed by atoms with van der Waals surface area (Å²) < 4.78 is 24.3. The molecule has 0 atom stereocenters. The van der Waals surface area contributed by atoms with Gasteiger partial charge in [0, 0.05) is 23.5 Å². The quantitative estimate of drug-likeness (QED) is 0.309. The Hall–Kier alpha value is -3.60. The van der Waals surface area contributed by atoms with E-state index in [0.717, 1.165) is 45.8 Å². The van der Waals surface area contributed by atoms with Crippen LogP contribution in [0, 0.1) is 0 Å². The first kappa shape index (κ1) is 21.9. The molecular formula is C25H26N6O3S. The molecule has 1 amide bonds. The smallest absolute Gasteiger partial charge is 0.245 e. The molecule has 2 aliphatic rings. The molecule has 1 saturated heterocycles. The Kier molecular flexibility index (Phi) is 4.82. The van der Waals surface area contributed by atoms with Gasteiger partial charge < -0.3 is 10.6 Å². The number of carbonyl (C=O) groups excluding carboxylic acids is 1. The number of rotatable bonds is 4. The van der Waals surface area contributed by atoms with Gasteiger partial charge in [0.05, 0.1) is 34.3 Å². The van der Waals surface area contributed by atoms with Crippen molar-refractivity contribution < 1.29 is 13.9 Å². The summed E-state index contributed by atoms with van der Waals surface area (Å²) in [6, 6.07) is 17.4. The molecule has 0 unspecified atom stereocenters. The van der Waals surface area contributed by atoms with Crippen LogP contribution in [0.2, 0.25) is 0 Å². The minimum atomic E-state index is -2.76. The molecule has 0 radical (unpaired) electrons. The molecule has 4 heterocycles. The number of hydrogen-bond acceptors (Lipinski definition) is 7. The molecule has 0 bridgehead atoms. The second-order valence-corrected chi connectivity index (χ2v) is 11.6. The first-order valence-corrected chi connectivity index (χ1v) is 13.1. The number of hydrogen-bond donors (Lipinski definition) is 4. The van der Waals surface area contributed by atoms with Gasteiger partial charge in [-0.2, -0.15) is 0 Å². The van der Waals surface area contributed by atoms with Crippen molar-refractivity contribution in [1.82, 2.24) is 14.6 Å². The lowest BCUT2D eigenvalue weighted by atomic mass is 9.86. The minimum absolute atomic E-state index is 0.0169. The number of nitrogens with zero attached hydrogens (tertiary/aromatic N) is 4. The molecule has 4 N–H and O–H groups in total. The van der Waals surface area contributed by atoms with Gasteiger partial charge in [0.2, 0.25) is 11.9 Å². The minimum Gasteiger partial charge on any atom is -0.325 e. The predicted octanol–water partition coefficient (Wildman–Crippen LogP) is 5.25. The summed E-state index contributed by atoms with van der Waals surface area (Å²) in [6.45, 7) is 4.44. The number of fused-ring (bicyclic) bond motifs is 2. The van der Waals surface area contributed by atoms with Crippen molar-refractivity contribution in [3.63, 3.8) is 0 Å². The molecule has 180 valence electrons. The fraction of sp³-hybridized carbons (Fsp3) is 0.240.